The van der Waals surface area contributed by atoms with Crippen molar-refractivity contribution in [2.45, 2.75) is 9.79 Å². The lowest BCUT2D eigenvalue weighted by atomic mass is 10.1. The van der Waals surface area contributed by atoms with Gasteiger partial charge in [-0.1, -0.05) is 30.0 Å². The number of benzene rings is 2. The third kappa shape index (κ3) is 1.57. The summed E-state index contributed by atoms with van der Waals surface area (Å²) in [4.78, 5) is 15.4. The number of nitrogens with zero attached hydrogens (tertiary/aromatic N) is 1. The third-order valence-electron chi connectivity index (χ3n) is 3.01. The van der Waals surface area contributed by atoms with E-state index in [0.29, 0.717) is 5.56 Å². The SMILES string of the molecule is CN1c2ccccc2Sc2cccc(C(=O)O)c21. The molecule has 0 spiro atoms. The van der Waals surface area contributed by atoms with Gasteiger partial charge in [-0.3, -0.25) is 0 Å². The molecule has 1 heterocycles. The van der Waals surface area contributed by atoms with Crippen LogP contribution in [0.4, 0.5) is 11.4 Å². The van der Waals surface area contributed by atoms with Crippen molar-refractivity contribution in [1.29, 1.82) is 0 Å². The highest BCUT2D eigenvalue weighted by atomic mass is 32.2. The fourth-order valence-electron chi connectivity index (χ4n) is 2.18. The number of carboxylic acid groups (broad SMARTS) is 1. The van der Waals surface area contributed by atoms with Gasteiger partial charge >= 0.3 is 5.97 Å². The molecule has 0 saturated carbocycles. The number of hydrogen-bond acceptors (Lipinski definition) is 3. The van der Waals surface area contributed by atoms with Gasteiger partial charge in [0.1, 0.15) is 0 Å². The Balaban J connectivity index is 2.23. The van der Waals surface area contributed by atoms with E-state index in [1.807, 2.05) is 42.3 Å². The number of rotatable bonds is 1. The second kappa shape index (κ2) is 4.07. The first kappa shape index (κ1) is 11.2. The van der Waals surface area contributed by atoms with Crippen molar-refractivity contribution < 1.29 is 9.90 Å². The smallest absolute Gasteiger partial charge is 0.337 e. The Hall–Kier alpha value is -1.94. The van der Waals surface area contributed by atoms with Crippen molar-refractivity contribution in [1.82, 2.24) is 0 Å². The van der Waals surface area contributed by atoms with Gasteiger partial charge in [0.25, 0.3) is 0 Å². The van der Waals surface area contributed by atoms with Crippen LogP contribution in [-0.2, 0) is 0 Å². The van der Waals surface area contributed by atoms with Crippen LogP contribution in [0.2, 0.25) is 0 Å². The second-order valence-electron chi connectivity index (χ2n) is 4.09. The topological polar surface area (TPSA) is 40.5 Å². The maximum atomic E-state index is 11.3. The Kier molecular flexibility index (Phi) is 2.52. The first-order valence-corrected chi connectivity index (χ1v) is 6.37. The van der Waals surface area contributed by atoms with Crippen molar-refractivity contribution in [3.63, 3.8) is 0 Å². The standard InChI is InChI=1S/C14H11NO2S/c1-15-10-6-2-3-7-11(10)18-12-8-4-5-9(13(12)15)14(16)17/h2-8H,1H3,(H,16,17). The van der Waals surface area contributed by atoms with Gasteiger partial charge in [-0.2, -0.15) is 0 Å². The molecular weight excluding hydrogens is 246 g/mol. The second-order valence-corrected chi connectivity index (χ2v) is 5.17. The highest BCUT2D eigenvalue weighted by molar-refractivity contribution is 7.99. The maximum Gasteiger partial charge on any atom is 0.337 e. The van der Waals surface area contributed by atoms with E-state index in [1.165, 1.54) is 0 Å². The molecule has 0 aromatic heterocycles. The Morgan fingerprint density at radius 1 is 1.11 bits per heavy atom. The molecule has 90 valence electrons. The Bertz CT molecular complexity index is 639. The normalized spacial score (nSPS) is 12.8. The van der Waals surface area contributed by atoms with Crippen LogP contribution in [0.5, 0.6) is 0 Å². The minimum absolute atomic E-state index is 0.344. The van der Waals surface area contributed by atoms with Crippen LogP contribution in [0.1, 0.15) is 10.4 Å². The van der Waals surface area contributed by atoms with Gasteiger partial charge in [0.05, 0.1) is 16.9 Å². The quantitative estimate of drug-likeness (QED) is 0.847. The van der Waals surface area contributed by atoms with Crippen molar-refractivity contribution in [3.05, 3.63) is 48.0 Å². The molecule has 0 radical (unpaired) electrons. The van der Waals surface area contributed by atoms with Crippen LogP contribution in [-0.4, -0.2) is 18.1 Å². The minimum Gasteiger partial charge on any atom is -0.478 e. The van der Waals surface area contributed by atoms with E-state index in [4.69, 9.17) is 0 Å². The van der Waals surface area contributed by atoms with Gasteiger partial charge in [0, 0.05) is 16.8 Å². The molecule has 1 aliphatic rings. The highest BCUT2D eigenvalue weighted by Crippen LogP contribution is 2.48. The van der Waals surface area contributed by atoms with Crippen LogP contribution in [0, 0.1) is 0 Å². The van der Waals surface area contributed by atoms with Gasteiger partial charge in [0.15, 0.2) is 0 Å². The number of hydrogen-bond donors (Lipinski definition) is 1. The average Bonchev–Trinajstić information content (AvgIpc) is 2.38. The van der Waals surface area contributed by atoms with Crippen LogP contribution in [0.15, 0.2) is 52.3 Å². The van der Waals surface area contributed by atoms with Gasteiger partial charge in [0.2, 0.25) is 0 Å². The van der Waals surface area contributed by atoms with Crippen LogP contribution < -0.4 is 4.90 Å². The van der Waals surface area contributed by atoms with Crippen molar-refractivity contribution in [3.8, 4) is 0 Å². The van der Waals surface area contributed by atoms with Crippen molar-refractivity contribution >= 4 is 29.1 Å². The summed E-state index contributed by atoms with van der Waals surface area (Å²) in [6.07, 6.45) is 0. The molecule has 2 aromatic carbocycles. The fourth-order valence-corrected chi connectivity index (χ4v) is 3.37. The molecule has 1 N–H and O–H groups in total. The average molecular weight is 257 g/mol. The molecular formula is C14H11NO2S. The molecule has 0 aliphatic carbocycles. The predicted molar refractivity (Wildman–Crippen MR) is 72.0 cm³/mol. The number of carbonyl (C=O) groups is 1. The monoisotopic (exact) mass is 257 g/mol. The molecule has 2 aromatic rings. The maximum absolute atomic E-state index is 11.3. The molecule has 3 nitrogen and oxygen atoms in total. The van der Waals surface area contributed by atoms with E-state index in [2.05, 4.69) is 0 Å². The number of para-hydroxylation sites is 2. The van der Waals surface area contributed by atoms with Gasteiger partial charge in [-0.25, -0.2) is 4.79 Å². The molecule has 1 aliphatic heterocycles. The largest absolute Gasteiger partial charge is 0.478 e. The summed E-state index contributed by atoms with van der Waals surface area (Å²) in [6.45, 7) is 0. The zero-order valence-corrected chi connectivity index (χ0v) is 10.6. The predicted octanol–water partition coefficient (Wildman–Crippen LogP) is 3.62. The van der Waals surface area contributed by atoms with Crippen LogP contribution in [0.3, 0.4) is 0 Å². The molecule has 0 amide bonds. The molecule has 18 heavy (non-hydrogen) atoms. The van der Waals surface area contributed by atoms with Crippen molar-refractivity contribution in [2.24, 2.45) is 0 Å². The fraction of sp³-hybridized carbons (Fsp3) is 0.0714. The first-order valence-electron chi connectivity index (χ1n) is 5.55. The lowest BCUT2D eigenvalue weighted by Crippen LogP contribution is -2.18. The lowest BCUT2D eigenvalue weighted by Gasteiger charge is -2.30. The summed E-state index contributed by atoms with van der Waals surface area (Å²) < 4.78 is 0. The summed E-state index contributed by atoms with van der Waals surface area (Å²) >= 11 is 1.61. The molecule has 0 fully saturated rings. The molecule has 0 unspecified atom stereocenters. The molecule has 4 heteroatoms. The van der Waals surface area contributed by atoms with E-state index < -0.39 is 5.97 Å². The number of aromatic carboxylic acids is 1. The molecule has 3 rings (SSSR count). The summed E-state index contributed by atoms with van der Waals surface area (Å²) in [5.74, 6) is -0.890. The zero-order chi connectivity index (χ0) is 12.7. The molecule has 0 bridgehead atoms. The van der Waals surface area contributed by atoms with E-state index in [0.717, 1.165) is 21.2 Å². The van der Waals surface area contributed by atoms with Gasteiger partial charge in [-0.05, 0) is 24.3 Å². The molecule has 0 saturated heterocycles. The van der Waals surface area contributed by atoms with Crippen LogP contribution >= 0.6 is 11.8 Å². The van der Waals surface area contributed by atoms with E-state index in [-0.39, 0.29) is 0 Å². The number of carboxylic acids is 1. The summed E-state index contributed by atoms with van der Waals surface area (Å²) in [7, 11) is 1.91. The van der Waals surface area contributed by atoms with Gasteiger partial charge in [-0.15, -0.1) is 0 Å². The van der Waals surface area contributed by atoms with E-state index >= 15 is 0 Å². The van der Waals surface area contributed by atoms with Crippen molar-refractivity contribution in [2.75, 3.05) is 11.9 Å². The highest BCUT2D eigenvalue weighted by Gasteiger charge is 2.25. The Morgan fingerprint density at radius 3 is 2.61 bits per heavy atom. The molecule has 0 atom stereocenters. The Labute approximate surface area is 109 Å². The van der Waals surface area contributed by atoms with E-state index in [1.54, 1.807) is 23.9 Å². The summed E-state index contributed by atoms with van der Waals surface area (Å²) in [6, 6.07) is 13.4. The third-order valence-corrected chi connectivity index (χ3v) is 4.13. The Morgan fingerprint density at radius 2 is 1.83 bits per heavy atom. The number of fused-ring (bicyclic) bond motifs is 2. The van der Waals surface area contributed by atoms with E-state index in [9.17, 15) is 9.90 Å². The van der Waals surface area contributed by atoms with Crippen LogP contribution in [0.25, 0.3) is 0 Å². The lowest BCUT2D eigenvalue weighted by molar-refractivity contribution is 0.0697. The summed E-state index contributed by atoms with van der Waals surface area (Å²) in [5, 5.41) is 9.27. The minimum atomic E-state index is -0.890. The van der Waals surface area contributed by atoms with Gasteiger partial charge < -0.3 is 10.0 Å². The number of anilines is 2. The zero-order valence-electron chi connectivity index (χ0n) is 9.75. The first-order chi connectivity index (χ1) is 8.68. The summed E-state index contributed by atoms with van der Waals surface area (Å²) in [5.41, 5.74) is 2.16.